The molecule has 0 spiro atoms. The molecule has 0 aliphatic heterocycles. The molecule has 2 aromatic carbocycles. The Labute approximate surface area is 156 Å². The molecule has 0 aromatic heterocycles. The quantitative estimate of drug-likeness (QED) is 0.859. The first-order valence-electron chi connectivity index (χ1n) is 8.29. The van der Waals surface area contributed by atoms with Gasteiger partial charge in [0.2, 0.25) is 0 Å². The Morgan fingerprint density at radius 1 is 0.885 bits per heavy atom. The summed E-state index contributed by atoms with van der Waals surface area (Å²) in [6, 6.07) is 17.0. The maximum Gasteiger partial charge on any atom is 0.181 e. The minimum atomic E-state index is -3.01. The zero-order chi connectivity index (χ0) is 19.8. The van der Waals surface area contributed by atoms with Gasteiger partial charge in [0.15, 0.2) is 19.7 Å². The van der Waals surface area contributed by atoms with Crippen LogP contribution in [-0.2, 0) is 19.7 Å². The highest BCUT2D eigenvalue weighted by atomic mass is 32.2. The molecule has 0 heterocycles. The molecule has 0 amide bonds. The lowest BCUT2D eigenvalue weighted by molar-refractivity contribution is 0.318. The molecule has 0 bridgehead atoms. The van der Waals surface area contributed by atoms with Gasteiger partial charge in [0.05, 0.1) is 15.0 Å². The van der Waals surface area contributed by atoms with Crippen molar-refractivity contribution in [3.63, 3.8) is 0 Å². The lowest BCUT2D eigenvalue weighted by atomic mass is 10.4. The average molecular weight is 399 g/mol. The fourth-order valence-corrected chi connectivity index (χ4v) is 4.88. The van der Waals surface area contributed by atoms with Crippen molar-refractivity contribution in [3.05, 3.63) is 60.7 Å². The number of hydrogen-bond acceptors (Lipinski definition) is 5. The van der Waals surface area contributed by atoms with Gasteiger partial charge in [-0.3, -0.25) is 0 Å². The van der Waals surface area contributed by atoms with Crippen LogP contribution in [0, 0.1) is 5.92 Å². The molecule has 144 valence electrons. The number of aliphatic hydroxyl groups is 1. The standard InChI is InChI=1S/C10H12O2S.C7H8O2S.C2H6O/c1-8-7-10(8)13(11,12)9-5-3-2-4-6-9;1-10(8,9)7-5-3-2-4-6-7;1-2-3/h2-6,8,10H,7H2,1H3;2-6H,1H3;3H,2H2,1H3/t8-,10?;;/m1../s1. The van der Waals surface area contributed by atoms with Gasteiger partial charge >= 0.3 is 0 Å². The Hall–Kier alpha value is -1.70. The summed E-state index contributed by atoms with van der Waals surface area (Å²) in [5.41, 5.74) is 0. The summed E-state index contributed by atoms with van der Waals surface area (Å²) in [4.78, 5) is 0.833. The Bertz CT molecular complexity index is 861. The van der Waals surface area contributed by atoms with Crippen LogP contribution in [0.4, 0.5) is 0 Å². The number of hydrogen-bond donors (Lipinski definition) is 1. The molecular formula is C19H26O5S2. The van der Waals surface area contributed by atoms with E-state index < -0.39 is 19.7 Å². The minimum Gasteiger partial charge on any atom is -0.397 e. The Morgan fingerprint density at radius 2 is 1.23 bits per heavy atom. The monoisotopic (exact) mass is 398 g/mol. The SMILES string of the molecule is CCO.CS(=O)(=O)c1ccccc1.C[C@@H]1CC1S(=O)(=O)c1ccccc1. The normalized spacial score (nSPS) is 18.6. The van der Waals surface area contributed by atoms with Crippen molar-refractivity contribution in [2.24, 2.45) is 5.92 Å². The van der Waals surface area contributed by atoms with Gasteiger partial charge in [-0.2, -0.15) is 0 Å². The van der Waals surface area contributed by atoms with Gasteiger partial charge in [-0.1, -0.05) is 43.3 Å². The lowest BCUT2D eigenvalue weighted by Crippen LogP contribution is -2.08. The summed E-state index contributed by atoms with van der Waals surface area (Å²) in [5, 5.41) is 7.44. The predicted octanol–water partition coefficient (Wildman–Crippen LogP) is 2.96. The summed E-state index contributed by atoms with van der Waals surface area (Å²) in [5.74, 6) is 0.338. The molecule has 7 heteroatoms. The molecule has 1 unspecified atom stereocenters. The van der Waals surface area contributed by atoms with Gasteiger partial charge in [-0.15, -0.1) is 0 Å². The fourth-order valence-electron chi connectivity index (χ4n) is 2.17. The Balaban J connectivity index is 0.000000233. The summed E-state index contributed by atoms with van der Waals surface area (Å²) in [6.45, 7) is 3.91. The highest BCUT2D eigenvalue weighted by Crippen LogP contribution is 2.39. The van der Waals surface area contributed by atoms with Crippen molar-refractivity contribution < 1.29 is 21.9 Å². The molecule has 3 rings (SSSR count). The van der Waals surface area contributed by atoms with Crippen molar-refractivity contribution in [2.45, 2.75) is 35.3 Å². The lowest BCUT2D eigenvalue weighted by Gasteiger charge is -2.01. The summed E-state index contributed by atoms with van der Waals surface area (Å²) < 4.78 is 45.3. The van der Waals surface area contributed by atoms with E-state index in [1.807, 2.05) is 13.0 Å². The van der Waals surface area contributed by atoms with E-state index in [1.54, 1.807) is 61.5 Å². The molecule has 1 fully saturated rings. The zero-order valence-corrected chi connectivity index (χ0v) is 16.9. The van der Waals surface area contributed by atoms with Crippen molar-refractivity contribution >= 4 is 19.7 Å². The van der Waals surface area contributed by atoms with E-state index in [-0.39, 0.29) is 11.9 Å². The highest BCUT2D eigenvalue weighted by molar-refractivity contribution is 7.92. The van der Waals surface area contributed by atoms with Crippen LogP contribution in [0.2, 0.25) is 0 Å². The third-order valence-corrected chi connectivity index (χ3v) is 7.19. The van der Waals surface area contributed by atoms with E-state index in [9.17, 15) is 16.8 Å². The summed E-state index contributed by atoms with van der Waals surface area (Å²) in [7, 11) is -6.02. The van der Waals surface area contributed by atoms with Crippen LogP contribution < -0.4 is 0 Å². The van der Waals surface area contributed by atoms with Crippen molar-refractivity contribution in [2.75, 3.05) is 12.9 Å². The maximum atomic E-state index is 11.8. The van der Waals surface area contributed by atoms with Gasteiger partial charge < -0.3 is 5.11 Å². The fraction of sp³-hybridized carbons (Fsp3) is 0.368. The number of rotatable bonds is 3. The van der Waals surface area contributed by atoms with E-state index in [0.29, 0.717) is 15.7 Å². The van der Waals surface area contributed by atoms with Crippen molar-refractivity contribution in [1.29, 1.82) is 0 Å². The molecule has 0 saturated heterocycles. The molecule has 0 radical (unpaired) electrons. The second kappa shape index (κ2) is 9.85. The van der Waals surface area contributed by atoms with Gasteiger partial charge in [-0.05, 0) is 43.5 Å². The smallest absolute Gasteiger partial charge is 0.181 e. The van der Waals surface area contributed by atoms with Gasteiger partial charge in [0.25, 0.3) is 0 Å². The molecule has 1 N–H and O–H groups in total. The van der Waals surface area contributed by atoms with Gasteiger partial charge in [0.1, 0.15) is 0 Å². The van der Waals surface area contributed by atoms with E-state index in [4.69, 9.17) is 5.11 Å². The van der Waals surface area contributed by atoms with E-state index in [0.717, 1.165) is 6.42 Å². The van der Waals surface area contributed by atoms with Crippen LogP contribution in [0.5, 0.6) is 0 Å². The molecule has 2 atom stereocenters. The Morgan fingerprint density at radius 3 is 1.50 bits per heavy atom. The van der Waals surface area contributed by atoms with Crippen molar-refractivity contribution in [1.82, 2.24) is 0 Å². The van der Waals surface area contributed by atoms with Crippen molar-refractivity contribution in [3.8, 4) is 0 Å². The predicted molar refractivity (Wildman–Crippen MR) is 104 cm³/mol. The first-order valence-corrected chi connectivity index (χ1v) is 11.7. The van der Waals surface area contributed by atoms with E-state index >= 15 is 0 Å². The second-order valence-corrected chi connectivity index (χ2v) is 10.2. The largest absolute Gasteiger partial charge is 0.397 e. The second-order valence-electron chi connectivity index (χ2n) is 6.01. The third-order valence-electron chi connectivity index (χ3n) is 3.68. The van der Waals surface area contributed by atoms with Crippen LogP contribution >= 0.6 is 0 Å². The van der Waals surface area contributed by atoms with Crippen LogP contribution in [0.1, 0.15) is 20.3 Å². The number of benzene rings is 2. The first-order chi connectivity index (χ1) is 12.1. The van der Waals surface area contributed by atoms with Crippen LogP contribution in [0.3, 0.4) is 0 Å². The zero-order valence-electron chi connectivity index (χ0n) is 15.2. The molecule has 1 aliphatic carbocycles. The van der Waals surface area contributed by atoms with E-state index in [1.165, 1.54) is 6.26 Å². The van der Waals surface area contributed by atoms with Gasteiger partial charge in [0, 0.05) is 12.9 Å². The number of sulfone groups is 2. The van der Waals surface area contributed by atoms with E-state index in [2.05, 4.69) is 0 Å². The summed E-state index contributed by atoms with van der Waals surface area (Å²) in [6.07, 6.45) is 2.01. The van der Waals surface area contributed by atoms with Crippen LogP contribution in [-0.4, -0.2) is 40.1 Å². The summed E-state index contributed by atoms with van der Waals surface area (Å²) >= 11 is 0. The first kappa shape index (κ1) is 22.3. The topological polar surface area (TPSA) is 88.5 Å². The average Bonchev–Trinajstić information content (AvgIpc) is 3.35. The minimum absolute atomic E-state index is 0.130. The molecule has 2 aromatic rings. The highest BCUT2D eigenvalue weighted by Gasteiger charge is 2.44. The van der Waals surface area contributed by atoms with Crippen LogP contribution in [0.25, 0.3) is 0 Å². The third kappa shape index (κ3) is 6.90. The maximum absolute atomic E-state index is 11.8. The Kier molecular flexibility index (Phi) is 8.46. The molecule has 1 saturated carbocycles. The molecule has 1 aliphatic rings. The van der Waals surface area contributed by atoms with Crippen LogP contribution in [0.15, 0.2) is 70.5 Å². The molecule has 26 heavy (non-hydrogen) atoms. The van der Waals surface area contributed by atoms with Gasteiger partial charge in [-0.25, -0.2) is 16.8 Å². The molecular weight excluding hydrogens is 372 g/mol. The molecule has 5 nitrogen and oxygen atoms in total. The number of aliphatic hydroxyl groups excluding tert-OH is 1.